The minimum absolute atomic E-state index is 0.00660. The van der Waals surface area contributed by atoms with E-state index in [0.29, 0.717) is 24.7 Å². The maximum atomic E-state index is 13.4. The Kier molecular flexibility index (Phi) is 2.43. The molecule has 0 aromatic carbocycles. The van der Waals surface area contributed by atoms with Crippen LogP contribution < -0.4 is 9.64 Å². The van der Waals surface area contributed by atoms with Crippen molar-refractivity contribution in [2.24, 2.45) is 5.41 Å². The summed E-state index contributed by atoms with van der Waals surface area (Å²) in [5.74, 6) is -1.42. The number of aromatic nitrogens is 2. The molecule has 1 saturated carbocycles. The molecule has 0 N–H and O–H groups in total. The van der Waals surface area contributed by atoms with Gasteiger partial charge in [-0.2, -0.15) is 0 Å². The number of anilines is 1. The predicted molar refractivity (Wildman–Crippen MR) is 62.0 cm³/mol. The van der Waals surface area contributed by atoms with Gasteiger partial charge in [0.2, 0.25) is 5.95 Å². The van der Waals surface area contributed by atoms with Crippen LogP contribution in [0.4, 0.5) is 14.7 Å². The van der Waals surface area contributed by atoms with Crippen LogP contribution in [0.1, 0.15) is 19.3 Å². The molecule has 2 fully saturated rings. The fourth-order valence-electron chi connectivity index (χ4n) is 2.70. The molecule has 1 aliphatic heterocycles. The normalized spacial score (nSPS) is 29.4. The van der Waals surface area contributed by atoms with Crippen molar-refractivity contribution >= 4 is 5.95 Å². The maximum Gasteiger partial charge on any atom is 0.256 e. The van der Waals surface area contributed by atoms with Crippen molar-refractivity contribution in [1.29, 1.82) is 0 Å². The smallest absolute Gasteiger partial charge is 0.256 e. The van der Waals surface area contributed by atoms with Gasteiger partial charge in [0.15, 0.2) is 5.75 Å². The van der Waals surface area contributed by atoms with Crippen molar-refractivity contribution in [3.8, 4) is 5.75 Å². The van der Waals surface area contributed by atoms with E-state index in [1.807, 2.05) is 4.90 Å². The molecule has 2 aliphatic rings. The highest BCUT2D eigenvalue weighted by molar-refractivity contribution is 5.35. The third-order valence-electron chi connectivity index (χ3n) is 3.92. The van der Waals surface area contributed by atoms with Crippen LogP contribution in [-0.4, -0.2) is 36.1 Å². The molecule has 6 heteroatoms. The highest BCUT2D eigenvalue weighted by Gasteiger charge is 2.71. The van der Waals surface area contributed by atoms with Crippen molar-refractivity contribution < 1.29 is 13.5 Å². The molecule has 0 radical (unpaired) electrons. The lowest BCUT2D eigenvalue weighted by Crippen LogP contribution is -2.40. The standard InChI is InChI=1S/C12H15F2N3O/c1-18-9-5-15-10(16-6-9)17-4-2-3-11(8-17)7-12(11,13)14/h5-6H,2-4,7-8H2,1H3. The average molecular weight is 255 g/mol. The molecule has 18 heavy (non-hydrogen) atoms. The molecule has 1 saturated heterocycles. The lowest BCUT2D eigenvalue weighted by Gasteiger charge is -2.33. The number of hydrogen-bond acceptors (Lipinski definition) is 4. The number of rotatable bonds is 2. The first-order valence-corrected chi connectivity index (χ1v) is 6.05. The van der Waals surface area contributed by atoms with E-state index in [1.54, 1.807) is 19.5 Å². The Balaban J connectivity index is 1.76. The second kappa shape index (κ2) is 3.76. The molecule has 4 nitrogen and oxygen atoms in total. The molecular formula is C12H15F2N3O. The zero-order valence-corrected chi connectivity index (χ0v) is 10.2. The second-order valence-electron chi connectivity index (χ2n) is 5.11. The summed E-state index contributed by atoms with van der Waals surface area (Å²) in [7, 11) is 1.54. The van der Waals surface area contributed by atoms with Gasteiger partial charge >= 0.3 is 0 Å². The van der Waals surface area contributed by atoms with Crippen LogP contribution in [-0.2, 0) is 0 Å². The Morgan fingerprint density at radius 1 is 1.33 bits per heavy atom. The van der Waals surface area contributed by atoms with Crippen LogP contribution in [0.5, 0.6) is 5.75 Å². The summed E-state index contributed by atoms with van der Waals surface area (Å²) >= 11 is 0. The van der Waals surface area contributed by atoms with Gasteiger partial charge in [0, 0.05) is 19.5 Å². The number of hydrogen-bond donors (Lipinski definition) is 0. The summed E-state index contributed by atoms with van der Waals surface area (Å²) in [6.45, 7) is 1.09. The van der Waals surface area contributed by atoms with Crippen molar-refractivity contribution in [2.45, 2.75) is 25.2 Å². The topological polar surface area (TPSA) is 38.2 Å². The molecule has 2 heterocycles. The number of nitrogens with zero attached hydrogens (tertiary/aromatic N) is 3. The lowest BCUT2D eigenvalue weighted by atomic mass is 9.94. The Morgan fingerprint density at radius 3 is 2.56 bits per heavy atom. The number of ether oxygens (including phenoxy) is 1. The monoisotopic (exact) mass is 255 g/mol. The molecule has 1 aromatic rings. The number of alkyl halides is 2. The molecule has 3 rings (SSSR count). The van der Waals surface area contributed by atoms with Gasteiger partial charge in [-0.1, -0.05) is 0 Å². The van der Waals surface area contributed by atoms with E-state index in [1.165, 1.54) is 0 Å². The van der Waals surface area contributed by atoms with Gasteiger partial charge in [-0.3, -0.25) is 0 Å². The van der Waals surface area contributed by atoms with E-state index >= 15 is 0 Å². The van der Waals surface area contributed by atoms with E-state index in [-0.39, 0.29) is 6.42 Å². The summed E-state index contributed by atoms with van der Waals surface area (Å²) in [6.07, 6.45) is 4.51. The maximum absolute atomic E-state index is 13.4. The minimum atomic E-state index is -2.50. The van der Waals surface area contributed by atoms with Crippen molar-refractivity contribution in [1.82, 2.24) is 9.97 Å². The third kappa shape index (κ3) is 1.71. The predicted octanol–water partition coefficient (Wildman–Crippen LogP) is 2.11. The molecule has 1 atom stereocenters. The van der Waals surface area contributed by atoms with Crippen LogP contribution in [0.15, 0.2) is 12.4 Å². The average Bonchev–Trinajstić information content (AvgIpc) is 2.89. The Labute approximate surface area is 104 Å². The molecule has 1 unspecified atom stereocenters. The first-order chi connectivity index (χ1) is 8.56. The fourth-order valence-corrected chi connectivity index (χ4v) is 2.70. The number of halogens is 2. The number of methoxy groups -OCH3 is 1. The van der Waals surface area contributed by atoms with Crippen molar-refractivity contribution in [2.75, 3.05) is 25.1 Å². The van der Waals surface area contributed by atoms with E-state index < -0.39 is 11.3 Å². The zero-order valence-electron chi connectivity index (χ0n) is 10.2. The van der Waals surface area contributed by atoms with Crippen molar-refractivity contribution in [3.63, 3.8) is 0 Å². The lowest BCUT2D eigenvalue weighted by molar-refractivity contribution is 0.0574. The highest BCUT2D eigenvalue weighted by Crippen LogP contribution is 2.64. The Bertz CT molecular complexity index is 451. The van der Waals surface area contributed by atoms with Crippen LogP contribution in [0.25, 0.3) is 0 Å². The minimum Gasteiger partial charge on any atom is -0.494 e. The first-order valence-electron chi connectivity index (χ1n) is 6.05. The van der Waals surface area contributed by atoms with Gasteiger partial charge in [0.1, 0.15) is 0 Å². The second-order valence-corrected chi connectivity index (χ2v) is 5.11. The molecule has 1 spiro atoms. The van der Waals surface area contributed by atoms with Gasteiger partial charge < -0.3 is 9.64 Å². The summed E-state index contributed by atoms with van der Waals surface area (Å²) in [5.41, 5.74) is -0.825. The summed E-state index contributed by atoms with van der Waals surface area (Å²) in [6, 6.07) is 0. The van der Waals surface area contributed by atoms with Gasteiger partial charge in [-0.15, -0.1) is 0 Å². The molecule has 0 amide bonds. The fraction of sp³-hybridized carbons (Fsp3) is 0.667. The van der Waals surface area contributed by atoms with Gasteiger partial charge in [0.05, 0.1) is 24.9 Å². The van der Waals surface area contributed by atoms with Crippen LogP contribution >= 0.6 is 0 Å². The van der Waals surface area contributed by atoms with E-state index in [9.17, 15) is 8.78 Å². The molecule has 1 aromatic heterocycles. The van der Waals surface area contributed by atoms with Gasteiger partial charge in [0.25, 0.3) is 5.92 Å². The SMILES string of the molecule is COc1cnc(N2CCCC3(C2)CC3(F)F)nc1. The third-order valence-corrected chi connectivity index (χ3v) is 3.92. The zero-order chi connectivity index (χ0) is 12.8. The molecule has 1 aliphatic carbocycles. The van der Waals surface area contributed by atoms with E-state index in [0.717, 1.165) is 13.0 Å². The van der Waals surface area contributed by atoms with E-state index in [2.05, 4.69) is 9.97 Å². The molecule has 98 valence electrons. The number of piperidine rings is 1. The van der Waals surface area contributed by atoms with Crippen LogP contribution in [0.3, 0.4) is 0 Å². The Morgan fingerprint density at radius 2 is 2.00 bits per heavy atom. The van der Waals surface area contributed by atoms with Gasteiger partial charge in [-0.25, -0.2) is 18.7 Å². The first kappa shape index (κ1) is 11.6. The van der Waals surface area contributed by atoms with Crippen molar-refractivity contribution in [3.05, 3.63) is 12.4 Å². The summed E-state index contributed by atoms with van der Waals surface area (Å²) in [4.78, 5) is 10.2. The molecule has 0 bridgehead atoms. The quantitative estimate of drug-likeness (QED) is 0.811. The molecular weight excluding hydrogens is 240 g/mol. The van der Waals surface area contributed by atoms with E-state index in [4.69, 9.17) is 4.74 Å². The Hall–Kier alpha value is -1.46. The summed E-state index contributed by atoms with van der Waals surface area (Å²) in [5, 5.41) is 0. The van der Waals surface area contributed by atoms with Gasteiger partial charge in [-0.05, 0) is 12.8 Å². The van der Waals surface area contributed by atoms with Crippen LogP contribution in [0, 0.1) is 5.41 Å². The van der Waals surface area contributed by atoms with Crippen LogP contribution in [0.2, 0.25) is 0 Å². The highest BCUT2D eigenvalue weighted by atomic mass is 19.3. The largest absolute Gasteiger partial charge is 0.494 e. The summed E-state index contributed by atoms with van der Waals surface area (Å²) < 4.78 is 31.8.